The number of fused-ring (bicyclic) bond motifs is 1. The van der Waals surface area contributed by atoms with E-state index in [1.165, 1.54) is 11.5 Å². The second-order valence-corrected chi connectivity index (χ2v) is 6.60. The molecule has 4 N–H and O–H groups in total. The normalized spacial score (nSPS) is 14.8. The van der Waals surface area contributed by atoms with Crippen molar-refractivity contribution in [3.8, 4) is 0 Å². The van der Waals surface area contributed by atoms with Gasteiger partial charge in [0.15, 0.2) is 11.6 Å². The molecule has 1 amide bonds. The predicted octanol–water partition coefficient (Wildman–Crippen LogP) is 1.94. The number of carbonyl (C=O) groups excluding carboxylic acids is 1. The van der Waals surface area contributed by atoms with Crippen LogP contribution in [0.1, 0.15) is 22.4 Å². The maximum absolute atomic E-state index is 13.6. The molecule has 0 saturated carbocycles. The maximum Gasteiger partial charge on any atom is 0.224 e. The first-order valence-electron chi connectivity index (χ1n) is 7.24. The van der Waals surface area contributed by atoms with Gasteiger partial charge in [-0.2, -0.15) is 4.37 Å². The molecule has 5 nitrogen and oxygen atoms in total. The molecule has 0 aliphatic carbocycles. The second kappa shape index (κ2) is 6.40. The van der Waals surface area contributed by atoms with Crippen molar-refractivity contribution in [3.63, 3.8) is 0 Å². The van der Waals surface area contributed by atoms with E-state index in [-0.39, 0.29) is 24.3 Å². The van der Waals surface area contributed by atoms with E-state index in [4.69, 9.17) is 11.5 Å². The summed E-state index contributed by atoms with van der Waals surface area (Å²) in [5.41, 5.74) is 12.4. The van der Waals surface area contributed by atoms with E-state index in [0.29, 0.717) is 25.0 Å². The van der Waals surface area contributed by atoms with Gasteiger partial charge < -0.3 is 16.4 Å². The molecule has 3 rings (SSSR count). The Morgan fingerprint density at radius 2 is 1.96 bits per heavy atom. The van der Waals surface area contributed by atoms with E-state index in [1.807, 2.05) is 0 Å². The lowest BCUT2D eigenvalue weighted by Gasteiger charge is -2.19. The molecule has 2 aromatic rings. The van der Waals surface area contributed by atoms with Crippen LogP contribution in [0.4, 0.5) is 19.0 Å². The number of rotatable bonds is 4. The van der Waals surface area contributed by atoms with Crippen LogP contribution >= 0.6 is 11.5 Å². The summed E-state index contributed by atoms with van der Waals surface area (Å²) in [6.07, 6.45) is -0.0885. The van der Waals surface area contributed by atoms with Gasteiger partial charge in [0.25, 0.3) is 0 Å². The van der Waals surface area contributed by atoms with Crippen LogP contribution in [0.2, 0.25) is 0 Å². The van der Waals surface area contributed by atoms with Crippen LogP contribution in [0.15, 0.2) is 12.1 Å². The monoisotopic (exact) mass is 356 g/mol. The number of hydrogen-bond donors (Lipinski definition) is 2. The van der Waals surface area contributed by atoms with Crippen molar-refractivity contribution >= 4 is 23.3 Å². The van der Waals surface area contributed by atoms with Gasteiger partial charge in [0.05, 0.1) is 18.0 Å². The van der Waals surface area contributed by atoms with Crippen molar-refractivity contribution in [2.24, 2.45) is 5.73 Å². The number of carbonyl (C=O) groups is 1. The van der Waals surface area contributed by atoms with Crippen LogP contribution < -0.4 is 11.5 Å². The molecular weight excluding hydrogens is 341 g/mol. The number of nitrogen functional groups attached to an aromatic ring is 1. The number of aromatic nitrogens is 1. The van der Waals surface area contributed by atoms with Gasteiger partial charge in [-0.3, -0.25) is 4.79 Å². The summed E-state index contributed by atoms with van der Waals surface area (Å²) in [6.45, 7) is 0.804. The zero-order valence-corrected chi connectivity index (χ0v) is 13.4. The minimum Gasteiger partial charge on any atom is -0.383 e. The fourth-order valence-corrected chi connectivity index (χ4v) is 3.49. The molecule has 2 heterocycles. The molecule has 0 spiro atoms. The van der Waals surface area contributed by atoms with Crippen LogP contribution in [0.3, 0.4) is 0 Å². The molecule has 0 radical (unpaired) electrons. The Labute approximate surface area is 140 Å². The quantitative estimate of drug-likeness (QED) is 0.820. The summed E-state index contributed by atoms with van der Waals surface area (Å²) in [7, 11) is 0. The Balaban J connectivity index is 1.60. The van der Waals surface area contributed by atoms with E-state index in [0.717, 1.165) is 16.5 Å². The topological polar surface area (TPSA) is 85.2 Å². The largest absolute Gasteiger partial charge is 0.383 e. The number of amides is 1. The van der Waals surface area contributed by atoms with Gasteiger partial charge in [-0.05, 0) is 29.6 Å². The number of hydrogen-bond acceptors (Lipinski definition) is 5. The molecule has 1 aliphatic heterocycles. The van der Waals surface area contributed by atoms with E-state index in [2.05, 4.69) is 4.37 Å². The summed E-state index contributed by atoms with van der Waals surface area (Å²) < 4.78 is 43.8. The fourth-order valence-electron chi connectivity index (χ4n) is 2.68. The highest BCUT2D eigenvalue weighted by atomic mass is 32.1. The molecule has 0 unspecified atom stereocenters. The Morgan fingerprint density at radius 3 is 2.67 bits per heavy atom. The van der Waals surface area contributed by atoms with Crippen molar-refractivity contribution in [1.82, 2.24) is 9.27 Å². The summed E-state index contributed by atoms with van der Waals surface area (Å²) in [5.74, 6) is -3.04. The summed E-state index contributed by atoms with van der Waals surface area (Å²) in [5, 5.41) is 0. The number of anilines is 1. The molecular formula is C15H15F3N4OS. The summed E-state index contributed by atoms with van der Waals surface area (Å²) >= 11 is 1.26. The first-order chi connectivity index (χ1) is 11.3. The average molecular weight is 356 g/mol. The van der Waals surface area contributed by atoms with E-state index in [1.54, 1.807) is 4.90 Å². The molecule has 128 valence electrons. The molecule has 1 aromatic heterocycles. The van der Waals surface area contributed by atoms with Crippen molar-refractivity contribution < 1.29 is 18.0 Å². The summed E-state index contributed by atoms with van der Waals surface area (Å²) in [4.78, 5) is 14.8. The highest BCUT2D eigenvalue weighted by molar-refractivity contribution is 7.06. The van der Waals surface area contributed by atoms with E-state index >= 15 is 0 Å². The van der Waals surface area contributed by atoms with Gasteiger partial charge in [-0.25, -0.2) is 13.2 Å². The van der Waals surface area contributed by atoms with Crippen LogP contribution in [-0.2, 0) is 24.3 Å². The highest BCUT2D eigenvalue weighted by Gasteiger charge is 2.28. The van der Waals surface area contributed by atoms with E-state index in [9.17, 15) is 18.0 Å². The molecule has 0 fully saturated rings. The standard InChI is InChI=1S/C15H15F3N4OS/c16-10-4-12(18)11(17)2-7(10)1-8(19)3-14(23)22-5-9-13(6-22)24-21-15(9)20/h2,4,8H,1,3,5-6,19H2,(H2,20,21)/t8-/m1/s1. The smallest absolute Gasteiger partial charge is 0.224 e. The lowest BCUT2D eigenvalue weighted by molar-refractivity contribution is -0.132. The number of nitrogens with zero attached hydrogens (tertiary/aromatic N) is 2. The van der Waals surface area contributed by atoms with Crippen molar-refractivity contribution in [3.05, 3.63) is 45.6 Å². The van der Waals surface area contributed by atoms with Crippen LogP contribution in [-0.4, -0.2) is 21.2 Å². The minimum absolute atomic E-state index is 0.0271. The average Bonchev–Trinajstić information content (AvgIpc) is 3.07. The molecule has 1 atom stereocenters. The predicted molar refractivity (Wildman–Crippen MR) is 83.4 cm³/mol. The zero-order chi connectivity index (χ0) is 17.4. The summed E-state index contributed by atoms with van der Waals surface area (Å²) in [6, 6.07) is 0.549. The van der Waals surface area contributed by atoms with Crippen LogP contribution in [0.5, 0.6) is 0 Å². The van der Waals surface area contributed by atoms with Crippen LogP contribution in [0.25, 0.3) is 0 Å². The number of halogens is 3. The Bertz CT molecular complexity index is 795. The third-order valence-corrected chi connectivity index (χ3v) is 4.83. The molecule has 9 heteroatoms. The first kappa shape index (κ1) is 16.7. The van der Waals surface area contributed by atoms with Gasteiger partial charge in [0.2, 0.25) is 5.91 Å². The SMILES string of the molecule is Nc1nsc2c1CN(C(=O)C[C@H](N)Cc1cc(F)c(F)cc1F)C2. The van der Waals surface area contributed by atoms with Gasteiger partial charge in [0.1, 0.15) is 11.6 Å². The second-order valence-electron chi connectivity index (χ2n) is 5.75. The van der Waals surface area contributed by atoms with Crippen LogP contribution in [0, 0.1) is 17.5 Å². The third-order valence-electron chi connectivity index (χ3n) is 3.94. The van der Waals surface area contributed by atoms with Crippen molar-refractivity contribution in [2.45, 2.75) is 32.0 Å². The van der Waals surface area contributed by atoms with Crippen molar-refractivity contribution in [2.75, 3.05) is 5.73 Å². The zero-order valence-electron chi connectivity index (χ0n) is 12.6. The Hall–Kier alpha value is -2.13. The molecule has 0 saturated heterocycles. The lowest BCUT2D eigenvalue weighted by atomic mass is 10.0. The molecule has 0 bridgehead atoms. The first-order valence-corrected chi connectivity index (χ1v) is 8.02. The van der Waals surface area contributed by atoms with Gasteiger partial charge >= 0.3 is 0 Å². The Kier molecular flexibility index (Phi) is 4.46. The Morgan fingerprint density at radius 1 is 1.25 bits per heavy atom. The maximum atomic E-state index is 13.6. The minimum atomic E-state index is -1.25. The molecule has 1 aliphatic rings. The lowest BCUT2D eigenvalue weighted by Crippen LogP contribution is -2.34. The molecule has 1 aromatic carbocycles. The van der Waals surface area contributed by atoms with E-state index < -0.39 is 23.5 Å². The number of nitrogens with two attached hydrogens (primary N) is 2. The molecule has 24 heavy (non-hydrogen) atoms. The van der Waals surface area contributed by atoms with Gasteiger partial charge in [-0.1, -0.05) is 0 Å². The fraction of sp³-hybridized carbons (Fsp3) is 0.333. The van der Waals surface area contributed by atoms with Gasteiger partial charge in [-0.15, -0.1) is 0 Å². The highest BCUT2D eigenvalue weighted by Crippen LogP contribution is 2.31. The third kappa shape index (κ3) is 3.22. The van der Waals surface area contributed by atoms with Gasteiger partial charge in [0, 0.05) is 24.1 Å². The number of benzene rings is 1. The van der Waals surface area contributed by atoms with Crippen molar-refractivity contribution in [1.29, 1.82) is 0 Å².